The molecule has 0 aliphatic heterocycles. The Morgan fingerprint density at radius 3 is 2.55 bits per heavy atom. The Morgan fingerprint density at radius 1 is 1.30 bits per heavy atom. The second-order valence-electron chi connectivity index (χ2n) is 4.34. The summed E-state index contributed by atoms with van der Waals surface area (Å²) < 4.78 is 33.0. The highest BCUT2D eigenvalue weighted by Crippen LogP contribution is 2.28. The Labute approximate surface area is 119 Å². The van der Waals surface area contributed by atoms with Crippen LogP contribution in [-0.2, 0) is 9.84 Å². The van der Waals surface area contributed by atoms with E-state index in [9.17, 15) is 8.42 Å². The van der Waals surface area contributed by atoms with Crippen molar-refractivity contribution in [2.45, 2.75) is 13.3 Å². The van der Waals surface area contributed by atoms with Gasteiger partial charge in [-0.1, -0.05) is 0 Å². The average Bonchev–Trinajstić information content (AvgIpc) is 2.35. The lowest BCUT2D eigenvalue weighted by atomic mass is 10.2. The molecule has 0 atom stereocenters. The standard InChI is InChI=1S/C13H20N2O4S/c1-3-18-12-9-10(13(14)15)5-6-11(12)19-7-4-8-20(2,16)17/h5-6,9H,3-4,7-8H2,1-2H3,(H3,14,15). The summed E-state index contributed by atoms with van der Waals surface area (Å²) in [7, 11) is -2.97. The van der Waals surface area contributed by atoms with Gasteiger partial charge in [-0.25, -0.2) is 8.42 Å². The first-order valence-electron chi connectivity index (χ1n) is 6.25. The van der Waals surface area contributed by atoms with Crippen molar-refractivity contribution < 1.29 is 17.9 Å². The van der Waals surface area contributed by atoms with E-state index in [0.29, 0.717) is 30.1 Å². The zero-order chi connectivity index (χ0) is 15.2. The molecule has 0 heterocycles. The van der Waals surface area contributed by atoms with Crippen molar-refractivity contribution in [2.75, 3.05) is 25.2 Å². The van der Waals surface area contributed by atoms with Crippen molar-refractivity contribution in [3.63, 3.8) is 0 Å². The maximum atomic E-state index is 11.0. The summed E-state index contributed by atoms with van der Waals surface area (Å²) in [6.45, 7) is 2.58. The van der Waals surface area contributed by atoms with Crippen LogP contribution in [0.4, 0.5) is 0 Å². The maximum absolute atomic E-state index is 11.0. The monoisotopic (exact) mass is 300 g/mol. The summed E-state index contributed by atoms with van der Waals surface area (Å²) in [6, 6.07) is 4.97. The van der Waals surface area contributed by atoms with Crippen molar-refractivity contribution in [1.29, 1.82) is 5.41 Å². The van der Waals surface area contributed by atoms with Gasteiger partial charge in [0.15, 0.2) is 11.5 Å². The minimum absolute atomic E-state index is 0.0467. The molecule has 0 aromatic heterocycles. The van der Waals surface area contributed by atoms with Gasteiger partial charge in [0.25, 0.3) is 0 Å². The lowest BCUT2D eigenvalue weighted by molar-refractivity contribution is 0.277. The molecule has 0 saturated carbocycles. The third-order valence-electron chi connectivity index (χ3n) is 2.47. The predicted octanol–water partition coefficient (Wildman–Crippen LogP) is 1.18. The molecule has 0 amide bonds. The Kier molecular flexibility index (Phi) is 5.82. The van der Waals surface area contributed by atoms with E-state index in [1.54, 1.807) is 18.2 Å². The molecule has 0 aliphatic carbocycles. The number of hydrogen-bond donors (Lipinski definition) is 2. The van der Waals surface area contributed by atoms with Crippen molar-refractivity contribution in [3.8, 4) is 11.5 Å². The van der Waals surface area contributed by atoms with E-state index < -0.39 is 9.84 Å². The molecule has 0 fully saturated rings. The fourth-order valence-corrected chi connectivity index (χ4v) is 2.21. The minimum atomic E-state index is -2.97. The summed E-state index contributed by atoms with van der Waals surface area (Å²) in [4.78, 5) is 0. The molecule has 6 nitrogen and oxygen atoms in total. The molecule has 0 unspecified atom stereocenters. The normalized spacial score (nSPS) is 11.1. The van der Waals surface area contributed by atoms with Crippen LogP contribution in [0.25, 0.3) is 0 Å². The summed E-state index contributed by atoms with van der Waals surface area (Å²) in [5, 5.41) is 7.39. The molecule has 20 heavy (non-hydrogen) atoms. The Morgan fingerprint density at radius 2 is 2.00 bits per heavy atom. The zero-order valence-electron chi connectivity index (χ0n) is 11.7. The Balaban J connectivity index is 2.71. The average molecular weight is 300 g/mol. The van der Waals surface area contributed by atoms with E-state index in [1.807, 2.05) is 6.92 Å². The molecule has 1 rings (SSSR count). The van der Waals surface area contributed by atoms with Crippen LogP contribution in [0.3, 0.4) is 0 Å². The molecule has 112 valence electrons. The minimum Gasteiger partial charge on any atom is -0.490 e. The molecule has 7 heteroatoms. The predicted molar refractivity (Wildman–Crippen MR) is 78.4 cm³/mol. The number of nitrogens with one attached hydrogen (secondary N) is 1. The SMILES string of the molecule is CCOc1cc(C(=N)N)ccc1OCCCS(C)(=O)=O. The highest BCUT2D eigenvalue weighted by Gasteiger charge is 2.09. The second-order valence-corrected chi connectivity index (χ2v) is 6.60. The third-order valence-corrected chi connectivity index (χ3v) is 3.50. The van der Waals surface area contributed by atoms with E-state index >= 15 is 0 Å². The topological polar surface area (TPSA) is 102 Å². The number of sulfone groups is 1. The Bertz CT molecular complexity index is 570. The number of nitrogens with two attached hydrogens (primary N) is 1. The highest BCUT2D eigenvalue weighted by molar-refractivity contribution is 7.90. The second kappa shape index (κ2) is 7.14. The molecule has 0 saturated heterocycles. The van der Waals surface area contributed by atoms with Gasteiger partial charge in [0, 0.05) is 11.8 Å². The summed E-state index contributed by atoms with van der Waals surface area (Å²) in [5.41, 5.74) is 5.97. The van der Waals surface area contributed by atoms with E-state index in [4.69, 9.17) is 20.6 Å². The Hall–Kier alpha value is -1.76. The van der Waals surface area contributed by atoms with E-state index in [0.717, 1.165) is 0 Å². The zero-order valence-corrected chi connectivity index (χ0v) is 12.5. The molecule has 0 radical (unpaired) electrons. The van der Waals surface area contributed by atoms with Crippen LogP contribution >= 0.6 is 0 Å². The number of nitrogen functional groups attached to an aromatic ring is 1. The van der Waals surface area contributed by atoms with Gasteiger partial charge in [0.05, 0.1) is 19.0 Å². The van der Waals surface area contributed by atoms with Gasteiger partial charge in [-0.2, -0.15) is 0 Å². The molecule has 0 spiro atoms. The van der Waals surface area contributed by atoms with Gasteiger partial charge in [0.1, 0.15) is 15.7 Å². The fraction of sp³-hybridized carbons (Fsp3) is 0.462. The van der Waals surface area contributed by atoms with Gasteiger partial charge >= 0.3 is 0 Å². The van der Waals surface area contributed by atoms with E-state index in [2.05, 4.69) is 0 Å². The smallest absolute Gasteiger partial charge is 0.161 e. The first kappa shape index (κ1) is 16.3. The van der Waals surface area contributed by atoms with Gasteiger partial charge in [-0.05, 0) is 31.5 Å². The van der Waals surface area contributed by atoms with Gasteiger partial charge in [-0.15, -0.1) is 0 Å². The third kappa shape index (κ3) is 5.48. The maximum Gasteiger partial charge on any atom is 0.161 e. The molecule has 1 aromatic carbocycles. The van der Waals surface area contributed by atoms with E-state index in [-0.39, 0.29) is 18.2 Å². The molecular weight excluding hydrogens is 280 g/mol. The number of ether oxygens (including phenoxy) is 2. The highest BCUT2D eigenvalue weighted by atomic mass is 32.2. The summed E-state index contributed by atoms with van der Waals surface area (Å²) >= 11 is 0. The molecule has 0 bridgehead atoms. The van der Waals surface area contributed by atoms with Crippen LogP contribution in [0.15, 0.2) is 18.2 Å². The molecule has 1 aromatic rings. The lowest BCUT2D eigenvalue weighted by Crippen LogP contribution is -2.12. The first-order chi connectivity index (χ1) is 9.33. The molecular formula is C13H20N2O4S. The van der Waals surface area contributed by atoms with Crippen molar-refractivity contribution >= 4 is 15.7 Å². The van der Waals surface area contributed by atoms with Crippen LogP contribution in [0.1, 0.15) is 18.9 Å². The summed E-state index contributed by atoms with van der Waals surface area (Å²) in [6.07, 6.45) is 1.61. The van der Waals surface area contributed by atoms with Crippen LogP contribution in [0.5, 0.6) is 11.5 Å². The van der Waals surface area contributed by atoms with E-state index in [1.165, 1.54) is 6.26 Å². The summed E-state index contributed by atoms with van der Waals surface area (Å²) in [5.74, 6) is 1.06. The van der Waals surface area contributed by atoms with Crippen molar-refractivity contribution in [2.24, 2.45) is 5.73 Å². The number of hydrogen-bond acceptors (Lipinski definition) is 5. The molecule has 0 aliphatic rings. The molecule has 3 N–H and O–H groups in total. The van der Waals surface area contributed by atoms with Crippen molar-refractivity contribution in [1.82, 2.24) is 0 Å². The van der Waals surface area contributed by atoms with Gasteiger partial charge < -0.3 is 15.2 Å². The largest absolute Gasteiger partial charge is 0.490 e. The quantitative estimate of drug-likeness (QED) is 0.426. The fourth-order valence-electron chi connectivity index (χ4n) is 1.57. The number of benzene rings is 1. The lowest BCUT2D eigenvalue weighted by Gasteiger charge is -2.13. The van der Waals surface area contributed by atoms with Crippen LogP contribution in [-0.4, -0.2) is 39.5 Å². The van der Waals surface area contributed by atoms with Crippen LogP contribution in [0.2, 0.25) is 0 Å². The first-order valence-corrected chi connectivity index (χ1v) is 8.31. The number of amidine groups is 1. The number of rotatable bonds is 8. The van der Waals surface area contributed by atoms with Gasteiger partial charge in [-0.3, -0.25) is 5.41 Å². The van der Waals surface area contributed by atoms with Crippen molar-refractivity contribution in [3.05, 3.63) is 23.8 Å². The van der Waals surface area contributed by atoms with Gasteiger partial charge in [0.2, 0.25) is 0 Å². The van der Waals surface area contributed by atoms with Crippen LogP contribution in [0, 0.1) is 5.41 Å². The van der Waals surface area contributed by atoms with Crippen LogP contribution < -0.4 is 15.2 Å².